The zero-order valence-electron chi connectivity index (χ0n) is 11.0. The maximum atomic E-state index is 13.0. The van der Waals surface area contributed by atoms with Crippen LogP contribution in [0.2, 0.25) is 0 Å². The molecule has 2 N–H and O–H groups in total. The highest BCUT2D eigenvalue weighted by Gasteiger charge is 2.36. The molecule has 0 fully saturated rings. The van der Waals surface area contributed by atoms with Gasteiger partial charge >= 0.3 is 6.18 Å². The van der Waals surface area contributed by atoms with Crippen LogP contribution in [0.1, 0.15) is 30.5 Å². The number of nitrogens with zero attached hydrogens (tertiary/aromatic N) is 1. The minimum atomic E-state index is -4.59. The van der Waals surface area contributed by atoms with E-state index in [0.717, 1.165) is 12.5 Å². The number of benzene rings is 1. The molecule has 19 heavy (non-hydrogen) atoms. The monoisotopic (exact) mass is 278 g/mol. The molecule has 0 radical (unpaired) electrons. The van der Waals surface area contributed by atoms with Gasteiger partial charge in [-0.05, 0) is 37.7 Å². The lowest BCUT2D eigenvalue weighted by molar-refractivity contribution is -0.138. The fourth-order valence-corrected chi connectivity index (χ4v) is 2.12. The fourth-order valence-electron chi connectivity index (χ4n) is 2.12. The molecule has 0 saturated heterocycles. The summed E-state index contributed by atoms with van der Waals surface area (Å²) in [5.41, 5.74) is 4.65. The van der Waals surface area contributed by atoms with Gasteiger partial charge in [0.15, 0.2) is 0 Å². The topological polar surface area (TPSA) is 29.3 Å². The Morgan fingerprint density at radius 2 is 1.95 bits per heavy atom. The van der Waals surface area contributed by atoms with Crippen molar-refractivity contribution in [2.24, 2.45) is 5.73 Å². The van der Waals surface area contributed by atoms with Gasteiger partial charge < -0.3 is 5.73 Å². The predicted molar refractivity (Wildman–Crippen MR) is 66.1 cm³/mol. The third-order valence-corrected chi connectivity index (χ3v) is 3.01. The van der Waals surface area contributed by atoms with Crippen LogP contribution in [-0.4, -0.2) is 25.0 Å². The number of hydrogen-bond acceptors (Lipinski definition) is 2. The van der Waals surface area contributed by atoms with Gasteiger partial charge in [0.25, 0.3) is 0 Å². The van der Waals surface area contributed by atoms with Crippen molar-refractivity contribution in [3.05, 3.63) is 35.1 Å². The Balaban J connectivity index is 3.23. The van der Waals surface area contributed by atoms with E-state index in [2.05, 4.69) is 0 Å². The summed E-state index contributed by atoms with van der Waals surface area (Å²) in [4.78, 5) is 1.75. The molecule has 0 heterocycles. The summed E-state index contributed by atoms with van der Waals surface area (Å²) in [6, 6.07) is 2.16. The third-order valence-electron chi connectivity index (χ3n) is 3.01. The molecular weight excluding hydrogens is 260 g/mol. The summed E-state index contributed by atoms with van der Waals surface area (Å²) < 4.78 is 51.9. The molecule has 1 rings (SSSR count). The number of hydrogen-bond donors (Lipinski definition) is 1. The minimum Gasteiger partial charge on any atom is -0.329 e. The van der Waals surface area contributed by atoms with Crippen molar-refractivity contribution >= 4 is 0 Å². The molecule has 0 aliphatic carbocycles. The van der Waals surface area contributed by atoms with Crippen molar-refractivity contribution in [1.29, 1.82) is 0 Å². The summed E-state index contributed by atoms with van der Waals surface area (Å²) in [6.07, 6.45) is -3.78. The Kier molecular flexibility index (Phi) is 5.31. The van der Waals surface area contributed by atoms with Gasteiger partial charge in [0, 0.05) is 12.6 Å². The summed E-state index contributed by atoms with van der Waals surface area (Å²) in [6.45, 7) is 2.60. The Morgan fingerprint density at radius 3 is 2.42 bits per heavy atom. The molecule has 0 aliphatic heterocycles. The smallest absolute Gasteiger partial charge is 0.329 e. The van der Waals surface area contributed by atoms with Crippen molar-refractivity contribution in [1.82, 2.24) is 4.90 Å². The maximum Gasteiger partial charge on any atom is 0.416 e. The highest BCUT2D eigenvalue weighted by Crippen LogP contribution is 2.36. The zero-order valence-corrected chi connectivity index (χ0v) is 11.0. The van der Waals surface area contributed by atoms with Crippen molar-refractivity contribution in [2.75, 3.05) is 20.1 Å². The summed E-state index contributed by atoms with van der Waals surface area (Å²) in [7, 11) is 1.71. The molecule has 1 atom stereocenters. The largest absolute Gasteiger partial charge is 0.416 e. The number of alkyl halides is 3. The molecule has 1 aromatic carbocycles. The molecule has 108 valence electrons. The number of likely N-dealkylation sites (N-methyl/N-ethyl adjacent to an activating group) is 1. The van der Waals surface area contributed by atoms with E-state index in [1.807, 2.05) is 6.92 Å². The fraction of sp³-hybridized carbons (Fsp3) is 0.538. The van der Waals surface area contributed by atoms with Gasteiger partial charge in [-0.25, -0.2) is 4.39 Å². The van der Waals surface area contributed by atoms with E-state index in [1.165, 1.54) is 6.07 Å². The Bertz CT molecular complexity index is 418. The quantitative estimate of drug-likeness (QED) is 0.838. The van der Waals surface area contributed by atoms with Crippen molar-refractivity contribution in [2.45, 2.75) is 25.6 Å². The van der Waals surface area contributed by atoms with Crippen LogP contribution in [0.25, 0.3) is 0 Å². The number of rotatable bonds is 5. The molecular formula is C13H18F4N2. The molecule has 0 saturated carbocycles. The lowest BCUT2D eigenvalue weighted by Crippen LogP contribution is -2.32. The first kappa shape index (κ1) is 15.9. The third kappa shape index (κ3) is 3.91. The van der Waals surface area contributed by atoms with Crippen LogP contribution < -0.4 is 5.73 Å². The van der Waals surface area contributed by atoms with E-state index in [4.69, 9.17) is 5.73 Å². The lowest BCUT2D eigenvalue weighted by Gasteiger charge is -2.29. The second-order valence-electron chi connectivity index (χ2n) is 4.46. The van der Waals surface area contributed by atoms with Gasteiger partial charge in [-0.3, -0.25) is 4.90 Å². The van der Waals surface area contributed by atoms with Gasteiger partial charge in [-0.1, -0.05) is 13.0 Å². The van der Waals surface area contributed by atoms with Gasteiger partial charge in [0.2, 0.25) is 0 Å². The van der Waals surface area contributed by atoms with Crippen LogP contribution in [0.3, 0.4) is 0 Å². The highest BCUT2D eigenvalue weighted by atomic mass is 19.4. The van der Waals surface area contributed by atoms with Gasteiger partial charge in [0.1, 0.15) is 5.82 Å². The average Bonchev–Trinajstić information content (AvgIpc) is 2.31. The first-order valence-corrected chi connectivity index (χ1v) is 6.08. The average molecular weight is 278 g/mol. The van der Waals surface area contributed by atoms with Crippen LogP contribution in [0.5, 0.6) is 0 Å². The molecule has 0 bridgehead atoms. The molecule has 2 nitrogen and oxygen atoms in total. The zero-order chi connectivity index (χ0) is 14.6. The first-order chi connectivity index (χ1) is 8.81. The van der Waals surface area contributed by atoms with Crippen LogP contribution in [0.15, 0.2) is 18.2 Å². The van der Waals surface area contributed by atoms with E-state index in [-0.39, 0.29) is 12.1 Å². The van der Waals surface area contributed by atoms with Crippen molar-refractivity contribution < 1.29 is 17.6 Å². The second kappa shape index (κ2) is 6.34. The van der Waals surface area contributed by atoms with Gasteiger partial charge in [-0.15, -0.1) is 0 Å². The van der Waals surface area contributed by atoms with E-state index in [0.29, 0.717) is 12.6 Å². The highest BCUT2D eigenvalue weighted by molar-refractivity contribution is 5.33. The standard InChI is InChI=1S/C13H18F4N2/c1-3-6-19(2)12(8-18)10-5-4-9(14)7-11(10)13(15,16)17/h4-5,7,12H,3,6,8,18H2,1-2H3. The Morgan fingerprint density at radius 1 is 1.32 bits per heavy atom. The van der Waals surface area contributed by atoms with Crippen LogP contribution >= 0.6 is 0 Å². The van der Waals surface area contributed by atoms with E-state index >= 15 is 0 Å². The normalized spacial score (nSPS) is 13.9. The van der Waals surface area contributed by atoms with Crippen LogP contribution in [0, 0.1) is 5.82 Å². The molecule has 0 aliphatic rings. The Hall–Kier alpha value is -1.14. The number of halogens is 4. The van der Waals surface area contributed by atoms with E-state index in [9.17, 15) is 17.6 Å². The maximum absolute atomic E-state index is 13.0. The summed E-state index contributed by atoms with van der Waals surface area (Å²) in [5.74, 6) is -0.898. The van der Waals surface area contributed by atoms with E-state index in [1.54, 1.807) is 11.9 Å². The molecule has 0 aromatic heterocycles. The molecule has 6 heteroatoms. The predicted octanol–water partition coefficient (Wildman–Crippen LogP) is 3.19. The summed E-state index contributed by atoms with van der Waals surface area (Å²) >= 11 is 0. The van der Waals surface area contributed by atoms with E-state index < -0.39 is 23.6 Å². The molecule has 0 amide bonds. The molecule has 1 unspecified atom stereocenters. The molecule has 0 spiro atoms. The van der Waals surface area contributed by atoms with Gasteiger partial charge in [0.05, 0.1) is 5.56 Å². The minimum absolute atomic E-state index is 0.0207. The number of nitrogens with two attached hydrogens (primary N) is 1. The lowest BCUT2D eigenvalue weighted by atomic mass is 9.98. The Labute approximate surface area is 110 Å². The summed E-state index contributed by atoms with van der Waals surface area (Å²) in [5, 5.41) is 0. The van der Waals surface area contributed by atoms with Gasteiger partial charge in [-0.2, -0.15) is 13.2 Å². The SMILES string of the molecule is CCCN(C)C(CN)c1ccc(F)cc1C(F)(F)F. The van der Waals surface area contributed by atoms with Crippen LogP contribution in [0.4, 0.5) is 17.6 Å². The second-order valence-corrected chi connectivity index (χ2v) is 4.46. The van der Waals surface area contributed by atoms with Crippen molar-refractivity contribution in [3.63, 3.8) is 0 Å². The van der Waals surface area contributed by atoms with Crippen LogP contribution in [-0.2, 0) is 6.18 Å². The van der Waals surface area contributed by atoms with Crippen molar-refractivity contribution in [3.8, 4) is 0 Å². The molecule has 1 aromatic rings. The first-order valence-electron chi connectivity index (χ1n) is 6.08.